The molecule has 1 fully saturated rings. The SMILES string of the molecule is CC(C)C(O)CCNC(=O)C1CCN(c2ccccc2[N+](=O)[O-])CC1. The highest BCUT2D eigenvalue weighted by molar-refractivity contribution is 5.79. The molecule has 7 heteroatoms. The van der Waals surface area contributed by atoms with E-state index < -0.39 is 6.10 Å². The molecule has 1 amide bonds. The van der Waals surface area contributed by atoms with E-state index >= 15 is 0 Å². The molecule has 1 aliphatic heterocycles. The summed E-state index contributed by atoms with van der Waals surface area (Å²) >= 11 is 0. The molecule has 0 radical (unpaired) electrons. The summed E-state index contributed by atoms with van der Waals surface area (Å²) in [4.78, 5) is 25.0. The van der Waals surface area contributed by atoms with Gasteiger partial charge in [0.25, 0.3) is 5.69 Å². The molecule has 0 spiro atoms. The van der Waals surface area contributed by atoms with Crippen LogP contribution in [0.2, 0.25) is 0 Å². The number of benzene rings is 1. The molecular weight excluding hydrogens is 322 g/mol. The third-order valence-corrected chi connectivity index (χ3v) is 4.79. The van der Waals surface area contributed by atoms with Gasteiger partial charge in [0.15, 0.2) is 0 Å². The van der Waals surface area contributed by atoms with Crippen molar-refractivity contribution in [3.63, 3.8) is 0 Å². The second-order valence-electron chi connectivity index (χ2n) is 6.90. The van der Waals surface area contributed by atoms with E-state index in [1.807, 2.05) is 18.7 Å². The van der Waals surface area contributed by atoms with Gasteiger partial charge in [0.05, 0.1) is 11.0 Å². The Balaban J connectivity index is 1.83. The van der Waals surface area contributed by atoms with Crippen LogP contribution in [0.5, 0.6) is 0 Å². The lowest BCUT2D eigenvalue weighted by Crippen LogP contribution is -2.41. The van der Waals surface area contributed by atoms with Crippen LogP contribution in [-0.4, -0.2) is 41.7 Å². The zero-order chi connectivity index (χ0) is 18.4. The second kappa shape index (κ2) is 8.80. The molecule has 7 nitrogen and oxygen atoms in total. The molecule has 138 valence electrons. The number of hydrogen-bond acceptors (Lipinski definition) is 5. The fourth-order valence-electron chi connectivity index (χ4n) is 3.09. The van der Waals surface area contributed by atoms with Crippen molar-refractivity contribution in [2.24, 2.45) is 11.8 Å². The Kier molecular flexibility index (Phi) is 6.75. The smallest absolute Gasteiger partial charge is 0.292 e. The van der Waals surface area contributed by atoms with E-state index in [2.05, 4.69) is 5.32 Å². The fraction of sp³-hybridized carbons (Fsp3) is 0.611. The highest BCUT2D eigenvalue weighted by atomic mass is 16.6. The van der Waals surface area contributed by atoms with Gasteiger partial charge in [-0.2, -0.15) is 0 Å². The van der Waals surface area contributed by atoms with E-state index in [1.54, 1.807) is 18.2 Å². The van der Waals surface area contributed by atoms with Crippen molar-refractivity contribution >= 4 is 17.3 Å². The summed E-state index contributed by atoms with van der Waals surface area (Å²) in [5.41, 5.74) is 0.722. The van der Waals surface area contributed by atoms with Crippen LogP contribution < -0.4 is 10.2 Å². The van der Waals surface area contributed by atoms with E-state index in [1.165, 1.54) is 6.07 Å². The summed E-state index contributed by atoms with van der Waals surface area (Å²) in [5, 5.41) is 23.8. The van der Waals surface area contributed by atoms with Gasteiger partial charge in [0.2, 0.25) is 5.91 Å². The summed E-state index contributed by atoms with van der Waals surface area (Å²) in [5.74, 6) is 0.121. The predicted octanol–water partition coefficient (Wildman–Crippen LogP) is 2.33. The summed E-state index contributed by atoms with van der Waals surface area (Å²) in [7, 11) is 0. The molecule has 0 saturated carbocycles. The Hall–Kier alpha value is -2.15. The molecule has 1 heterocycles. The number of carbonyl (C=O) groups is 1. The zero-order valence-corrected chi connectivity index (χ0v) is 14.9. The van der Waals surface area contributed by atoms with Gasteiger partial charge >= 0.3 is 0 Å². The van der Waals surface area contributed by atoms with Gasteiger partial charge < -0.3 is 15.3 Å². The Morgan fingerprint density at radius 2 is 2.00 bits per heavy atom. The molecule has 1 atom stereocenters. The quantitative estimate of drug-likeness (QED) is 0.582. The Morgan fingerprint density at radius 1 is 1.36 bits per heavy atom. The maximum Gasteiger partial charge on any atom is 0.292 e. The summed E-state index contributed by atoms with van der Waals surface area (Å²) in [6.07, 6.45) is 1.49. The molecule has 1 unspecified atom stereocenters. The molecule has 2 rings (SSSR count). The average molecular weight is 349 g/mol. The second-order valence-corrected chi connectivity index (χ2v) is 6.90. The highest BCUT2D eigenvalue weighted by Crippen LogP contribution is 2.31. The van der Waals surface area contributed by atoms with Crippen molar-refractivity contribution in [2.75, 3.05) is 24.5 Å². The van der Waals surface area contributed by atoms with Gasteiger partial charge in [-0.3, -0.25) is 14.9 Å². The molecule has 25 heavy (non-hydrogen) atoms. The van der Waals surface area contributed by atoms with Gasteiger partial charge in [-0.05, 0) is 31.2 Å². The van der Waals surface area contributed by atoms with Crippen LogP contribution >= 0.6 is 0 Å². The standard InChI is InChI=1S/C18H27N3O4/c1-13(2)17(22)7-10-19-18(23)14-8-11-20(12-9-14)15-5-3-4-6-16(15)21(24)25/h3-6,13-14,17,22H,7-12H2,1-2H3,(H,19,23). The lowest BCUT2D eigenvalue weighted by molar-refractivity contribution is -0.384. The molecule has 1 saturated heterocycles. The number of piperidine rings is 1. The fourth-order valence-corrected chi connectivity index (χ4v) is 3.09. The van der Waals surface area contributed by atoms with Crippen molar-refractivity contribution in [2.45, 2.75) is 39.2 Å². The van der Waals surface area contributed by atoms with Crippen LogP contribution in [0.3, 0.4) is 0 Å². The van der Waals surface area contributed by atoms with Crippen molar-refractivity contribution in [3.05, 3.63) is 34.4 Å². The van der Waals surface area contributed by atoms with Gasteiger partial charge in [-0.25, -0.2) is 0 Å². The lowest BCUT2D eigenvalue weighted by Gasteiger charge is -2.32. The first-order valence-electron chi connectivity index (χ1n) is 8.84. The number of nitrogens with one attached hydrogen (secondary N) is 1. The molecule has 1 aromatic rings. The number of rotatable bonds is 7. The number of nitro groups is 1. The lowest BCUT2D eigenvalue weighted by atomic mass is 9.95. The van der Waals surface area contributed by atoms with Gasteiger partial charge in [-0.1, -0.05) is 26.0 Å². The molecule has 2 N–H and O–H groups in total. The maximum atomic E-state index is 12.2. The first kappa shape index (κ1) is 19.2. The summed E-state index contributed by atoms with van der Waals surface area (Å²) < 4.78 is 0. The third-order valence-electron chi connectivity index (χ3n) is 4.79. The van der Waals surface area contributed by atoms with Gasteiger partial charge in [-0.15, -0.1) is 0 Å². The maximum absolute atomic E-state index is 12.2. The molecule has 0 aromatic heterocycles. The Bertz CT molecular complexity index is 598. The van der Waals surface area contributed by atoms with Crippen LogP contribution in [0.15, 0.2) is 24.3 Å². The normalized spacial score (nSPS) is 16.7. The van der Waals surface area contributed by atoms with E-state index in [-0.39, 0.29) is 28.4 Å². The number of para-hydroxylation sites is 2. The van der Waals surface area contributed by atoms with Gasteiger partial charge in [0.1, 0.15) is 5.69 Å². The molecule has 1 aliphatic rings. The van der Waals surface area contributed by atoms with Crippen LogP contribution in [0.25, 0.3) is 0 Å². The third kappa shape index (κ3) is 5.16. The van der Waals surface area contributed by atoms with Crippen LogP contribution in [0, 0.1) is 22.0 Å². The van der Waals surface area contributed by atoms with E-state index in [4.69, 9.17) is 0 Å². The van der Waals surface area contributed by atoms with E-state index in [9.17, 15) is 20.0 Å². The van der Waals surface area contributed by atoms with Crippen molar-refractivity contribution < 1.29 is 14.8 Å². The monoisotopic (exact) mass is 349 g/mol. The first-order valence-corrected chi connectivity index (χ1v) is 8.84. The van der Waals surface area contributed by atoms with Crippen molar-refractivity contribution in [1.29, 1.82) is 0 Å². The van der Waals surface area contributed by atoms with Crippen LogP contribution in [0.4, 0.5) is 11.4 Å². The van der Waals surface area contributed by atoms with Crippen LogP contribution in [0.1, 0.15) is 33.1 Å². The van der Waals surface area contributed by atoms with Gasteiger partial charge in [0, 0.05) is 31.6 Å². The molecule has 0 bridgehead atoms. The minimum absolute atomic E-state index is 0.0122. The molecule has 0 aliphatic carbocycles. The molecular formula is C18H27N3O4. The largest absolute Gasteiger partial charge is 0.393 e. The van der Waals surface area contributed by atoms with Crippen molar-refractivity contribution in [1.82, 2.24) is 5.32 Å². The Morgan fingerprint density at radius 3 is 2.60 bits per heavy atom. The number of hydrogen-bond donors (Lipinski definition) is 2. The average Bonchev–Trinajstić information content (AvgIpc) is 2.61. The highest BCUT2D eigenvalue weighted by Gasteiger charge is 2.28. The Labute approximate surface area is 148 Å². The van der Waals surface area contributed by atoms with Crippen molar-refractivity contribution in [3.8, 4) is 0 Å². The summed E-state index contributed by atoms with van der Waals surface area (Å²) in [6, 6.07) is 6.72. The first-order chi connectivity index (χ1) is 11.9. The number of nitro benzene ring substituents is 1. The minimum atomic E-state index is -0.402. The number of carbonyl (C=O) groups excluding carboxylic acids is 1. The minimum Gasteiger partial charge on any atom is -0.393 e. The summed E-state index contributed by atoms with van der Waals surface area (Å²) in [6.45, 7) is 5.62. The predicted molar refractivity (Wildman–Crippen MR) is 96.5 cm³/mol. The molecule has 1 aromatic carbocycles. The number of amides is 1. The topological polar surface area (TPSA) is 95.7 Å². The number of nitrogens with zero attached hydrogens (tertiary/aromatic N) is 2. The number of aliphatic hydroxyl groups is 1. The van der Waals surface area contributed by atoms with E-state index in [0.29, 0.717) is 44.6 Å². The number of aliphatic hydroxyl groups excluding tert-OH is 1. The van der Waals surface area contributed by atoms with Crippen LogP contribution in [-0.2, 0) is 4.79 Å². The zero-order valence-electron chi connectivity index (χ0n) is 14.9. The van der Waals surface area contributed by atoms with E-state index in [0.717, 1.165) is 0 Å². The number of anilines is 1.